The first-order valence-electron chi connectivity index (χ1n) is 6.06. The molecule has 0 aromatic heterocycles. The van der Waals surface area contributed by atoms with Crippen LogP contribution in [0.4, 0.5) is 5.69 Å². The van der Waals surface area contributed by atoms with Crippen molar-refractivity contribution < 1.29 is 14.5 Å². The molecule has 0 aliphatic heterocycles. The molecule has 0 amide bonds. The quantitative estimate of drug-likeness (QED) is 0.322. The fourth-order valence-electron chi connectivity index (χ4n) is 1.52. The van der Waals surface area contributed by atoms with Crippen molar-refractivity contribution in [2.45, 2.75) is 32.6 Å². The van der Waals surface area contributed by atoms with Crippen molar-refractivity contribution in [3.05, 3.63) is 39.9 Å². The monoisotopic (exact) mass is 251 g/mol. The first kappa shape index (κ1) is 14.2. The molecular weight excluding hydrogens is 234 g/mol. The third-order valence-corrected chi connectivity index (χ3v) is 2.52. The number of esters is 1. The van der Waals surface area contributed by atoms with Gasteiger partial charge in [-0.1, -0.05) is 32.3 Å². The first-order valence-corrected chi connectivity index (χ1v) is 6.06. The summed E-state index contributed by atoms with van der Waals surface area (Å²) in [4.78, 5) is 21.6. The predicted octanol–water partition coefficient (Wildman–Crippen LogP) is 3.33. The molecule has 98 valence electrons. The van der Waals surface area contributed by atoms with Crippen LogP contribution in [-0.2, 0) is 4.74 Å². The molecule has 1 rings (SSSR count). The summed E-state index contributed by atoms with van der Waals surface area (Å²) in [5, 5.41) is 10.6. The minimum absolute atomic E-state index is 0.101. The number of ether oxygens (including phenoxy) is 1. The Kier molecular flexibility index (Phi) is 5.84. The second kappa shape index (κ2) is 7.42. The second-order valence-electron chi connectivity index (χ2n) is 4.00. The average Bonchev–Trinajstić information content (AvgIpc) is 2.38. The van der Waals surface area contributed by atoms with Gasteiger partial charge in [-0.3, -0.25) is 10.1 Å². The maximum Gasteiger partial charge on any atom is 0.338 e. The number of nitrogens with zero attached hydrogens (tertiary/aromatic N) is 1. The van der Waals surface area contributed by atoms with Crippen LogP contribution >= 0.6 is 0 Å². The van der Waals surface area contributed by atoms with E-state index in [1.807, 2.05) is 0 Å². The zero-order valence-electron chi connectivity index (χ0n) is 10.4. The van der Waals surface area contributed by atoms with Crippen LogP contribution in [0.5, 0.6) is 0 Å². The molecule has 0 aliphatic rings. The van der Waals surface area contributed by atoms with E-state index in [1.54, 1.807) is 0 Å². The summed E-state index contributed by atoms with van der Waals surface area (Å²) in [7, 11) is 0. The number of nitro benzene ring substituents is 1. The average molecular weight is 251 g/mol. The Bertz CT molecular complexity index is 417. The van der Waals surface area contributed by atoms with Gasteiger partial charge < -0.3 is 4.74 Å². The van der Waals surface area contributed by atoms with E-state index < -0.39 is 10.9 Å². The van der Waals surface area contributed by atoms with Crippen molar-refractivity contribution in [1.82, 2.24) is 0 Å². The molecule has 0 saturated heterocycles. The smallest absolute Gasteiger partial charge is 0.338 e. The molecule has 0 unspecified atom stereocenters. The predicted molar refractivity (Wildman–Crippen MR) is 67.5 cm³/mol. The molecule has 1 aromatic carbocycles. The topological polar surface area (TPSA) is 69.4 Å². The van der Waals surface area contributed by atoms with Gasteiger partial charge in [-0.05, 0) is 12.5 Å². The highest BCUT2D eigenvalue weighted by atomic mass is 16.6. The Labute approximate surface area is 106 Å². The SMILES string of the molecule is CCCCCCOC(=O)c1cccc([N+](=O)[O-])c1. The van der Waals surface area contributed by atoms with Gasteiger partial charge in [0.05, 0.1) is 17.1 Å². The summed E-state index contributed by atoms with van der Waals surface area (Å²) in [6, 6.07) is 5.57. The Balaban J connectivity index is 2.46. The molecule has 0 atom stereocenters. The number of carbonyl (C=O) groups is 1. The van der Waals surface area contributed by atoms with E-state index in [1.165, 1.54) is 24.3 Å². The van der Waals surface area contributed by atoms with Crippen molar-refractivity contribution in [2.24, 2.45) is 0 Å². The number of non-ortho nitro benzene ring substituents is 1. The third-order valence-electron chi connectivity index (χ3n) is 2.52. The van der Waals surface area contributed by atoms with Crippen LogP contribution in [0.3, 0.4) is 0 Å². The Morgan fingerprint density at radius 3 is 2.78 bits per heavy atom. The Hall–Kier alpha value is -1.91. The highest BCUT2D eigenvalue weighted by Gasteiger charge is 2.12. The number of rotatable bonds is 7. The fraction of sp³-hybridized carbons (Fsp3) is 0.462. The van der Waals surface area contributed by atoms with Crippen LogP contribution < -0.4 is 0 Å². The number of benzene rings is 1. The van der Waals surface area contributed by atoms with E-state index in [0.29, 0.717) is 6.61 Å². The summed E-state index contributed by atoms with van der Waals surface area (Å²) in [5.41, 5.74) is 0.120. The lowest BCUT2D eigenvalue weighted by atomic mass is 10.2. The number of nitro groups is 1. The molecule has 0 aliphatic carbocycles. The maximum atomic E-state index is 11.6. The molecule has 5 nitrogen and oxygen atoms in total. The Morgan fingerprint density at radius 1 is 1.33 bits per heavy atom. The van der Waals surface area contributed by atoms with Gasteiger partial charge in [-0.2, -0.15) is 0 Å². The molecule has 0 radical (unpaired) electrons. The third kappa shape index (κ3) is 4.53. The van der Waals surface area contributed by atoms with Crippen molar-refractivity contribution in [3.63, 3.8) is 0 Å². The van der Waals surface area contributed by atoms with Gasteiger partial charge in [0.15, 0.2) is 0 Å². The van der Waals surface area contributed by atoms with Crippen LogP contribution in [-0.4, -0.2) is 17.5 Å². The lowest BCUT2D eigenvalue weighted by molar-refractivity contribution is -0.384. The van der Waals surface area contributed by atoms with Gasteiger partial charge in [0.2, 0.25) is 0 Å². The molecule has 0 spiro atoms. The lowest BCUT2D eigenvalue weighted by Crippen LogP contribution is -2.06. The lowest BCUT2D eigenvalue weighted by Gasteiger charge is -2.04. The number of unbranched alkanes of at least 4 members (excludes halogenated alkanes) is 3. The summed E-state index contributed by atoms with van der Waals surface area (Å²) < 4.78 is 5.05. The molecule has 0 heterocycles. The molecular formula is C13H17NO4. The highest BCUT2D eigenvalue weighted by Crippen LogP contribution is 2.14. The molecule has 0 N–H and O–H groups in total. The van der Waals surface area contributed by atoms with Crippen LogP contribution in [0.15, 0.2) is 24.3 Å². The normalized spacial score (nSPS) is 10.1. The summed E-state index contributed by atoms with van der Waals surface area (Å²) in [6.45, 7) is 2.47. The summed E-state index contributed by atoms with van der Waals surface area (Å²) >= 11 is 0. The van der Waals surface area contributed by atoms with Gasteiger partial charge in [0.1, 0.15) is 0 Å². The van der Waals surface area contributed by atoms with Crippen molar-refractivity contribution in [3.8, 4) is 0 Å². The van der Waals surface area contributed by atoms with E-state index in [9.17, 15) is 14.9 Å². The van der Waals surface area contributed by atoms with E-state index >= 15 is 0 Å². The highest BCUT2D eigenvalue weighted by molar-refractivity contribution is 5.90. The minimum atomic E-state index is -0.530. The summed E-state index contributed by atoms with van der Waals surface area (Å²) in [5.74, 6) is -0.504. The molecule has 1 aromatic rings. The van der Waals surface area contributed by atoms with Gasteiger partial charge in [-0.25, -0.2) is 4.79 Å². The molecule has 0 bridgehead atoms. The number of hydrogen-bond acceptors (Lipinski definition) is 4. The van der Waals surface area contributed by atoms with E-state index in [2.05, 4.69) is 6.92 Å². The minimum Gasteiger partial charge on any atom is -0.462 e. The largest absolute Gasteiger partial charge is 0.462 e. The Morgan fingerprint density at radius 2 is 2.11 bits per heavy atom. The van der Waals surface area contributed by atoms with Crippen LogP contribution in [0.2, 0.25) is 0 Å². The summed E-state index contributed by atoms with van der Waals surface area (Å²) in [6.07, 6.45) is 4.10. The number of carbonyl (C=O) groups excluding carboxylic acids is 1. The number of hydrogen-bond donors (Lipinski definition) is 0. The fourth-order valence-corrected chi connectivity index (χ4v) is 1.52. The molecule has 0 saturated carbocycles. The van der Waals surface area contributed by atoms with Gasteiger partial charge in [-0.15, -0.1) is 0 Å². The van der Waals surface area contributed by atoms with Gasteiger partial charge in [0, 0.05) is 12.1 Å². The maximum absolute atomic E-state index is 11.6. The van der Waals surface area contributed by atoms with Crippen LogP contribution in [0.1, 0.15) is 43.0 Å². The second-order valence-corrected chi connectivity index (χ2v) is 4.00. The van der Waals surface area contributed by atoms with Gasteiger partial charge in [0.25, 0.3) is 5.69 Å². The molecule has 5 heteroatoms. The van der Waals surface area contributed by atoms with Crippen LogP contribution in [0, 0.1) is 10.1 Å². The van der Waals surface area contributed by atoms with Crippen molar-refractivity contribution >= 4 is 11.7 Å². The zero-order valence-corrected chi connectivity index (χ0v) is 10.4. The van der Waals surface area contributed by atoms with Gasteiger partial charge >= 0.3 is 5.97 Å². The van der Waals surface area contributed by atoms with E-state index in [4.69, 9.17) is 4.74 Å². The van der Waals surface area contributed by atoms with Crippen LogP contribution in [0.25, 0.3) is 0 Å². The molecule has 18 heavy (non-hydrogen) atoms. The first-order chi connectivity index (χ1) is 8.65. The molecule has 0 fully saturated rings. The van der Waals surface area contributed by atoms with Crippen molar-refractivity contribution in [1.29, 1.82) is 0 Å². The van der Waals surface area contributed by atoms with Crippen molar-refractivity contribution in [2.75, 3.05) is 6.61 Å². The standard InChI is InChI=1S/C13H17NO4/c1-2-3-4-5-9-18-13(15)11-7-6-8-12(10-11)14(16)17/h6-8,10H,2-5,9H2,1H3. The van der Waals surface area contributed by atoms with E-state index in [0.717, 1.165) is 25.7 Å². The zero-order chi connectivity index (χ0) is 13.4. The van der Waals surface area contributed by atoms with E-state index in [-0.39, 0.29) is 11.3 Å².